The van der Waals surface area contributed by atoms with Gasteiger partial charge in [0.25, 0.3) is 0 Å². The Labute approximate surface area is 233 Å². The maximum atomic E-state index is 6.29. The summed E-state index contributed by atoms with van der Waals surface area (Å²) in [5.41, 5.74) is 7.94. The molecule has 1 N–H and O–H groups in total. The molecule has 3 atom stereocenters. The number of fused-ring (bicyclic) bond motifs is 3. The van der Waals surface area contributed by atoms with Gasteiger partial charge < -0.3 is 10.1 Å². The summed E-state index contributed by atoms with van der Waals surface area (Å²) in [5, 5.41) is 5.14. The van der Waals surface area contributed by atoms with Crippen LogP contribution in [0.1, 0.15) is 46.2 Å². The highest BCUT2D eigenvalue weighted by atomic mass is 35.5. The number of aryl methyl sites for hydroxylation is 1. The van der Waals surface area contributed by atoms with E-state index in [1.54, 1.807) is 0 Å². The van der Waals surface area contributed by atoms with Crippen molar-refractivity contribution in [3.8, 4) is 5.75 Å². The number of rotatable bonds is 6. The third-order valence-electron chi connectivity index (χ3n) is 7.38. The zero-order valence-corrected chi connectivity index (χ0v) is 22.6. The summed E-state index contributed by atoms with van der Waals surface area (Å²) in [7, 11) is 0. The maximum Gasteiger partial charge on any atom is 0.128 e. The van der Waals surface area contributed by atoms with Crippen LogP contribution < -0.4 is 10.1 Å². The number of anilines is 1. The normalized spacial score (nSPS) is 19.7. The molecule has 0 amide bonds. The molecule has 3 nitrogen and oxygen atoms in total. The first-order valence-corrected chi connectivity index (χ1v) is 13.6. The highest BCUT2D eigenvalue weighted by Crippen LogP contribution is 2.50. The van der Waals surface area contributed by atoms with Gasteiger partial charge in [-0.2, -0.15) is 0 Å². The molecule has 0 radical (unpaired) electrons. The van der Waals surface area contributed by atoms with E-state index in [-0.39, 0.29) is 6.04 Å². The quantitative estimate of drug-likeness (QED) is 0.196. The molecule has 0 fully saturated rings. The van der Waals surface area contributed by atoms with Crippen LogP contribution in [0.15, 0.2) is 102 Å². The summed E-state index contributed by atoms with van der Waals surface area (Å²) >= 11 is 12.4. The number of nitrogens with zero attached hydrogens (tertiary/aromatic N) is 1. The molecule has 0 unspecified atom stereocenters. The predicted octanol–water partition coefficient (Wildman–Crippen LogP) is 9.46. The van der Waals surface area contributed by atoms with Gasteiger partial charge >= 0.3 is 0 Å². The van der Waals surface area contributed by atoms with Gasteiger partial charge in [0.1, 0.15) is 12.4 Å². The van der Waals surface area contributed by atoms with Crippen LogP contribution in [0.3, 0.4) is 0 Å². The molecule has 0 saturated heterocycles. The van der Waals surface area contributed by atoms with Crippen molar-refractivity contribution in [1.82, 2.24) is 0 Å². The average molecular weight is 540 g/mol. The molecule has 1 aliphatic heterocycles. The molecule has 6 rings (SSSR count). The van der Waals surface area contributed by atoms with Gasteiger partial charge in [-0.1, -0.05) is 77.3 Å². The number of allylic oxidation sites excluding steroid dienone is 2. The van der Waals surface area contributed by atoms with Gasteiger partial charge in [-0.3, -0.25) is 4.99 Å². The summed E-state index contributed by atoms with van der Waals surface area (Å²) in [5.74, 6) is 1.70. The van der Waals surface area contributed by atoms with Gasteiger partial charge in [0, 0.05) is 33.4 Å². The van der Waals surface area contributed by atoms with Gasteiger partial charge in [0.2, 0.25) is 0 Å². The lowest BCUT2D eigenvalue weighted by molar-refractivity contribution is 0.306. The highest BCUT2D eigenvalue weighted by Gasteiger charge is 2.37. The van der Waals surface area contributed by atoms with Crippen molar-refractivity contribution in [2.75, 3.05) is 5.32 Å². The molecular weight excluding hydrogens is 511 g/mol. The van der Waals surface area contributed by atoms with Crippen LogP contribution in [0.2, 0.25) is 10.0 Å². The topological polar surface area (TPSA) is 33.6 Å². The Morgan fingerprint density at radius 1 is 0.947 bits per heavy atom. The van der Waals surface area contributed by atoms with Crippen molar-refractivity contribution < 1.29 is 4.74 Å². The van der Waals surface area contributed by atoms with E-state index in [4.69, 9.17) is 32.9 Å². The third-order valence-corrected chi connectivity index (χ3v) is 7.85. The smallest absolute Gasteiger partial charge is 0.128 e. The Kier molecular flexibility index (Phi) is 6.97. The van der Waals surface area contributed by atoms with E-state index in [9.17, 15) is 0 Å². The Hall–Kier alpha value is -3.53. The van der Waals surface area contributed by atoms with E-state index in [0.29, 0.717) is 28.5 Å². The summed E-state index contributed by atoms with van der Waals surface area (Å²) in [6.45, 7) is 2.57. The minimum Gasteiger partial charge on any atom is -0.488 e. The summed E-state index contributed by atoms with van der Waals surface area (Å²) < 4.78 is 6.07. The Morgan fingerprint density at radius 3 is 2.63 bits per heavy atom. The fraction of sp³-hybridized carbons (Fsp3) is 0.182. The van der Waals surface area contributed by atoms with Gasteiger partial charge in [-0.05, 0) is 84.5 Å². The monoisotopic (exact) mass is 538 g/mol. The van der Waals surface area contributed by atoms with Crippen molar-refractivity contribution in [3.05, 3.63) is 135 Å². The summed E-state index contributed by atoms with van der Waals surface area (Å²) in [6, 6.07) is 28.7. The van der Waals surface area contributed by atoms with Crippen molar-refractivity contribution in [1.29, 1.82) is 0 Å². The van der Waals surface area contributed by atoms with Crippen LogP contribution in [-0.4, -0.2) is 6.21 Å². The lowest BCUT2D eigenvalue weighted by Crippen LogP contribution is -2.29. The van der Waals surface area contributed by atoms with Crippen molar-refractivity contribution in [2.24, 2.45) is 10.9 Å². The molecule has 0 aromatic heterocycles. The summed E-state index contributed by atoms with van der Waals surface area (Å²) in [4.78, 5) is 4.73. The Morgan fingerprint density at radius 2 is 1.79 bits per heavy atom. The molecular formula is C33H28Cl2N2O. The Balaban J connectivity index is 1.19. The fourth-order valence-corrected chi connectivity index (χ4v) is 5.89. The minimum atomic E-state index is 0.266. The zero-order chi connectivity index (χ0) is 26.1. The van der Waals surface area contributed by atoms with Crippen molar-refractivity contribution >= 4 is 40.8 Å². The van der Waals surface area contributed by atoms with E-state index in [0.717, 1.165) is 29.0 Å². The largest absolute Gasteiger partial charge is 0.488 e. The second kappa shape index (κ2) is 10.7. The standard InChI is InChI=1S/C33H28Cl2N2O/c1-21-8-14-31-30(16-21)28-6-3-7-29(28)33(37-31)23-9-12-27(13-10-23)36-19-24-18-26(35)11-15-32(24)38-20-22-4-2-5-25(34)17-22/h2-6,8-19,28-29,33,37H,7,20H2,1H3/t28-,29-,33+/m1/s1. The van der Waals surface area contributed by atoms with E-state index in [1.807, 2.05) is 48.7 Å². The van der Waals surface area contributed by atoms with Crippen LogP contribution in [-0.2, 0) is 6.61 Å². The predicted molar refractivity (Wildman–Crippen MR) is 158 cm³/mol. The number of nitrogens with one attached hydrogen (secondary N) is 1. The van der Waals surface area contributed by atoms with Crippen LogP contribution in [0.4, 0.5) is 11.4 Å². The van der Waals surface area contributed by atoms with E-state index >= 15 is 0 Å². The molecule has 0 saturated carbocycles. The molecule has 4 aromatic rings. The number of ether oxygens (including phenoxy) is 1. The molecule has 190 valence electrons. The molecule has 1 aliphatic carbocycles. The molecule has 38 heavy (non-hydrogen) atoms. The number of hydrogen-bond donors (Lipinski definition) is 1. The molecule has 0 bridgehead atoms. The highest BCUT2D eigenvalue weighted by molar-refractivity contribution is 6.31. The third kappa shape index (κ3) is 5.22. The molecule has 0 spiro atoms. The summed E-state index contributed by atoms with van der Waals surface area (Å²) in [6.07, 6.45) is 7.61. The van der Waals surface area contributed by atoms with E-state index < -0.39 is 0 Å². The number of hydrogen-bond acceptors (Lipinski definition) is 3. The van der Waals surface area contributed by atoms with Gasteiger partial charge in [-0.15, -0.1) is 0 Å². The zero-order valence-electron chi connectivity index (χ0n) is 21.1. The maximum absolute atomic E-state index is 6.29. The minimum absolute atomic E-state index is 0.266. The van der Waals surface area contributed by atoms with Crippen molar-refractivity contribution in [3.63, 3.8) is 0 Å². The lowest BCUT2D eigenvalue weighted by Gasteiger charge is -2.37. The van der Waals surface area contributed by atoms with Crippen LogP contribution in [0, 0.1) is 12.8 Å². The molecule has 4 aromatic carbocycles. The van der Waals surface area contributed by atoms with Crippen LogP contribution in [0.25, 0.3) is 0 Å². The van der Waals surface area contributed by atoms with E-state index in [1.165, 1.54) is 22.4 Å². The van der Waals surface area contributed by atoms with Crippen LogP contribution >= 0.6 is 23.2 Å². The molecule has 1 heterocycles. The molecule has 2 aliphatic rings. The van der Waals surface area contributed by atoms with Crippen LogP contribution in [0.5, 0.6) is 5.75 Å². The SMILES string of the molecule is Cc1ccc2c(c1)[C@@H]1C=CC[C@H]1[C@H](c1ccc(N=Cc3cc(Cl)ccc3OCc3cccc(Cl)c3)cc1)N2. The second-order valence-corrected chi connectivity index (χ2v) is 10.9. The van der Waals surface area contributed by atoms with Gasteiger partial charge in [-0.25, -0.2) is 0 Å². The van der Waals surface area contributed by atoms with Gasteiger partial charge in [0.05, 0.1) is 11.7 Å². The van der Waals surface area contributed by atoms with Gasteiger partial charge in [0.15, 0.2) is 0 Å². The number of aliphatic imine (C=N–C) groups is 1. The first-order chi connectivity index (χ1) is 18.5. The first-order valence-electron chi connectivity index (χ1n) is 12.9. The fourth-order valence-electron chi connectivity index (χ4n) is 5.50. The first kappa shape index (κ1) is 24.8. The van der Waals surface area contributed by atoms with E-state index in [2.05, 4.69) is 66.9 Å². The van der Waals surface area contributed by atoms with Crippen molar-refractivity contribution in [2.45, 2.75) is 31.9 Å². The second-order valence-electron chi connectivity index (χ2n) is 10.0. The Bertz CT molecular complexity index is 1530. The molecule has 5 heteroatoms. The number of benzene rings is 4. The average Bonchev–Trinajstić information content (AvgIpc) is 3.42. The lowest BCUT2D eigenvalue weighted by atomic mass is 9.76. The number of halogens is 2.